The number of hydrogen-bond donors (Lipinski definition) is 1. The fourth-order valence-electron chi connectivity index (χ4n) is 5.47. The predicted octanol–water partition coefficient (Wildman–Crippen LogP) is 6.06. The Balaban J connectivity index is 1.33. The summed E-state index contributed by atoms with van der Waals surface area (Å²) in [4.78, 5) is 14.8. The molecule has 2 aliphatic carbocycles. The summed E-state index contributed by atoms with van der Waals surface area (Å²) in [6, 6.07) is 14.4. The van der Waals surface area contributed by atoms with Crippen LogP contribution in [0.25, 0.3) is 0 Å². The standard InChI is InChI=1S/C25H31N2O3P/c1-18-4-6-19(7-5-18)17-31(29,30-2)26-21-9-10-23-20(14-21)8-11-24(28)27(23)22-15-25(16-22)12-3-13-25/h4-7,9-10,14,22H,3,8,11-13,15-17H2,1-2H3,(H,26,29). The van der Waals surface area contributed by atoms with Crippen LogP contribution in [0.4, 0.5) is 11.4 Å². The van der Waals surface area contributed by atoms with E-state index >= 15 is 0 Å². The van der Waals surface area contributed by atoms with E-state index in [0.717, 1.165) is 41.8 Å². The lowest BCUT2D eigenvalue weighted by molar-refractivity contribution is -0.121. The summed E-state index contributed by atoms with van der Waals surface area (Å²) in [5.41, 5.74) is 5.66. The van der Waals surface area contributed by atoms with Gasteiger partial charge in [0.15, 0.2) is 0 Å². The molecule has 1 heterocycles. The number of hydrogen-bond acceptors (Lipinski definition) is 3. The van der Waals surface area contributed by atoms with Crippen molar-refractivity contribution in [2.45, 2.75) is 64.1 Å². The van der Waals surface area contributed by atoms with Crippen molar-refractivity contribution < 1.29 is 13.9 Å². The van der Waals surface area contributed by atoms with Gasteiger partial charge in [0.1, 0.15) is 0 Å². The molecule has 164 valence electrons. The van der Waals surface area contributed by atoms with E-state index in [1.54, 1.807) is 0 Å². The molecule has 0 saturated heterocycles. The molecule has 3 aliphatic rings. The number of rotatable bonds is 6. The molecule has 1 amide bonds. The van der Waals surface area contributed by atoms with Gasteiger partial charge in [-0.2, -0.15) is 0 Å². The Hall–Kier alpha value is -2.10. The molecular formula is C25H31N2O3P. The van der Waals surface area contributed by atoms with Gasteiger partial charge in [-0.3, -0.25) is 9.36 Å². The highest BCUT2D eigenvalue weighted by molar-refractivity contribution is 7.59. The van der Waals surface area contributed by atoms with Gasteiger partial charge in [0.2, 0.25) is 5.91 Å². The second-order valence-corrected chi connectivity index (χ2v) is 11.9. The van der Waals surface area contributed by atoms with Gasteiger partial charge >= 0.3 is 0 Å². The van der Waals surface area contributed by atoms with E-state index in [0.29, 0.717) is 24.0 Å². The van der Waals surface area contributed by atoms with E-state index in [9.17, 15) is 9.36 Å². The summed E-state index contributed by atoms with van der Waals surface area (Å²) in [6.07, 6.45) is 7.90. The Morgan fingerprint density at radius 2 is 1.87 bits per heavy atom. The zero-order valence-corrected chi connectivity index (χ0v) is 19.3. The molecule has 1 N–H and O–H groups in total. The first-order chi connectivity index (χ1) is 14.9. The van der Waals surface area contributed by atoms with E-state index in [1.807, 2.05) is 54.3 Å². The van der Waals surface area contributed by atoms with Crippen molar-refractivity contribution in [3.8, 4) is 0 Å². The number of fused-ring (bicyclic) bond motifs is 1. The van der Waals surface area contributed by atoms with Crippen LogP contribution in [-0.2, 0) is 26.5 Å². The second kappa shape index (κ2) is 7.79. The molecule has 2 aromatic rings. The lowest BCUT2D eigenvalue weighted by Gasteiger charge is -2.57. The van der Waals surface area contributed by atoms with Crippen molar-refractivity contribution in [1.82, 2.24) is 0 Å². The first-order valence-corrected chi connectivity index (χ1v) is 13.1. The van der Waals surface area contributed by atoms with Gasteiger partial charge in [-0.15, -0.1) is 0 Å². The summed E-state index contributed by atoms with van der Waals surface area (Å²) in [5.74, 6) is 0.245. The molecule has 2 fully saturated rings. The molecule has 1 atom stereocenters. The maximum absolute atomic E-state index is 13.4. The normalized spacial score (nSPS) is 21.7. The molecule has 2 saturated carbocycles. The molecule has 5 nitrogen and oxygen atoms in total. The Bertz CT molecular complexity index is 1040. The molecule has 0 aromatic heterocycles. The summed E-state index contributed by atoms with van der Waals surface area (Å²) in [7, 11) is -1.59. The van der Waals surface area contributed by atoms with Gasteiger partial charge in [0.25, 0.3) is 7.52 Å². The Morgan fingerprint density at radius 3 is 2.52 bits per heavy atom. The quantitative estimate of drug-likeness (QED) is 0.557. The number of carbonyl (C=O) groups excluding carboxylic acids is 1. The minimum absolute atomic E-state index is 0.245. The molecule has 31 heavy (non-hydrogen) atoms. The Morgan fingerprint density at radius 1 is 1.13 bits per heavy atom. The van der Waals surface area contributed by atoms with Crippen molar-refractivity contribution in [2.75, 3.05) is 17.1 Å². The largest absolute Gasteiger partial charge is 0.317 e. The molecule has 1 unspecified atom stereocenters. The third kappa shape index (κ3) is 3.94. The van der Waals surface area contributed by atoms with E-state index < -0.39 is 7.52 Å². The maximum Gasteiger partial charge on any atom is 0.297 e. The lowest BCUT2D eigenvalue weighted by atomic mass is 9.53. The highest BCUT2D eigenvalue weighted by Gasteiger charge is 2.51. The monoisotopic (exact) mass is 438 g/mol. The lowest BCUT2D eigenvalue weighted by Crippen LogP contribution is -2.56. The maximum atomic E-state index is 13.4. The number of nitrogens with one attached hydrogen (secondary N) is 1. The third-order valence-corrected chi connectivity index (χ3v) is 9.41. The van der Waals surface area contributed by atoms with Crippen molar-refractivity contribution in [2.24, 2.45) is 5.41 Å². The SMILES string of the molecule is COP(=O)(Cc1ccc(C)cc1)Nc1ccc2c(c1)CCC(=O)N2C1CC2(CCC2)C1. The average molecular weight is 439 g/mol. The average Bonchev–Trinajstić information content (AvgIpc) is 2.69. The summed E-state index contributed by atoms with van der Waals surface area (Å²) in [5, 5.41) is 3.16. The van der Waals surface area contributed by atoms with Crippen LogP contribution in [0.5, 0.6) is 0 Å². The third-order valence-electron chi connectivity index (χ3n) is 7.44. The zero-order valence-electron chi connectivity index (χ0n) is 18.4. The molecule has 1 spiro atoms. The number of benzene rings is 2. The van der Waals surface area contributed by atoms with E-state index in [-0.39, 0.29) is 5.91 Å². The van der Waals surface area contributed by atoms with Crippen LogP contribution in [0.3, 0.4) is 0 Å². The Labute approximate surface area is 184 Å². The first kappa shape index (κ1) is 20.8. The van der Waals surface area contributed by atoms with Crippen molar-refractivity contribution in [3.05, 3.63) is 59.2 Å². The molecule has 6 heteroatoms. The number of aryl methyl sites for hydroxylation is 2. The van der Waals surface area contributed by atoms with Gasteiger partial charge < -0.3 is 14.5 Å². The van der Waals surface area contributed by atoms with Crippen LogP contribution < -0.4 is 9.99 Å². The van der Waals surface area contributed by atoms with Crippen molar-refractivity contribution in [3.63, 3.8) is 0 Å². The smallest absolute Gasteiger partial charge is 0.297 e. The van der Waals surface area contributed by atoms with Crippen LogP contribution in [-0.4, -0.2) is 19.1 Å². The minimum atomic E-state index is -3.08. The summed E-state index contributed by atoms with van der Waals surface area (Å²) >= 11 is 0. The number of anilines is 2. The van der Waals surface area contributed by atoms with Crippen molar-refractivity contribution in [1.29, 1.82) is 0 Å². The fourth-order valence-corrected chi connectivity index (χ4v) is 7.00. The highest BCUT2D eigenvalue weighted by Crippen LogP contribution is 2.58. The van der Waals surface area contributed by atoms with E-state index in [4.69, 9.17) is 4.52 Å². The van der Waals surface area contributed by atoms with E-state index in [1.165, 1.54) is 31.9 Å². The molecule has 5 rings (SSSR count). The number of nitrogens with zero attached hydrogens (tertiary/aromatic N) is 1. The minimum Gasteiger partial charge on any atom is -0.317 e. The molecule has 0 radical (unpaired) electrons. The van der Waals surface area contributed by atoms with Crippen LogP contribution in [0.15, 0.2) is 42.5 Å². The van der Waals surface area contributed by atoms with Crippen LogP contribution >= 0.6 is 7.52 Å². The zero-order chi connectivity index (χ0) is 21.6. The number of carbonyl (C=O) groups is 1. The van der Waals surface area contributed by atoms with Crippen LogP contribution in [0.1, 0.15) is 55.2 Å². The van der Waals surface area contributed by atoms with Gasteiger partial charge in [-0.05, 0) is 73.8 Å². The topological polar surface area (TPSA) is 58.6 Å². The van der Waals surface area contributed by atoms with Gasteiger partial charge in [0, 0.05) is 30.9 Å². The molecule has 0 bridgehead atoms. The highest BCUT2D eigenvalue weighted by atomic mass is 31.2. The van der Waals surface area contributed by atoms with Crippen LogP contribution in [0.2, 0.25) is 0 Å². The predicted molar refractivity (Wildman–Crippen MR) is 125 cm³/mol. The second-order valence-electron chi connectivity index (χ2n) is 9.63. The van der Waals surface area contributed by atoms with Gasteiger partial charge in [-0.25, -0.2) is 0 Å². The van der Waals surface area contributed by atoms with Crippen LogP contribution in [0, 0.1) is 12.3 Å². The summed E-state index contributed by atoms with van der Waals surface area (Å²) in [6.45, 7) is 2.04. The molecule has 2 aromatic carbocycles. The van der Waals surface area contributed by atoms with Gasteiger partial charge in [0.05, 0.1) is 6.16 Å². The molecular weight excluding hydrogens is 407 g/mol. The van der Waals surface area contributed by atoms with Crippen molar-refractivity contribution >= 4 is 24.8 Å². The van der Waals surface area contributed by atoms with E-state index in [2.05, 4.69) is 5.09 Å². The first-order valence-electron chi connectivity index (χ1n) is 11.3. The summed E-state index contributed by atoms with van der Waals surface area (Å²) < 4.78 is 18.8. The molecule has 1 aliphatic heterocycles. The fraction of sp³-hybridized carbons (Fsp3) is 0.480. The number of amides is 1. The Kier molecular flexibility index (Phi) is 5.22. The van der Waals surface area contributed by atoms with Gasteiger partial charge in [-0.1, -0.05) is 36.2 Å².